The van der Waals surface area contributed by atoms with Gasteiger partial charge in [0.15, 0.2) is 5.75 Å². The SMILES string of the molecule is COCCN1C(=O)S/C(=C/c2cc(Cl)c(OCc3ccc(C)cc3)c(Cl)c2)C1=O. The first-order chi connectivity index (χ1) is 13.9. The van der Waals surface area contributed by atoms with Crippen molar-refractivity contribution in [2.45, 2.75) is 13.5 Å². The van der Waals surface area contributed by atoms with Crippen LogP contribution in [0.25, 0.3) is 6.08 Å². The van der Waals surface area contributed by atoms with Crippen molar-refractivity contribution in [3.8, 4) is 5.75 Å². The summed E-state index contributed by atoms with van der Waals surface area (Å²) in [4.78, 5) is 25.9. The van der Waals surface area contributed by atoms with Crippen molar-refractivity contribution in [1.82, 2.24) is 4.90 Å². The van der Waals surface area contributed by atoms with Gasteiger partial charge in [0.25, 0.3) is 11.1 Å². The molecule has 2 aromatic rings. The van der Waals surface area contributed by atoms with Crippen molar-refractivity contribution in [2.24, 2.45) is 0 Å². The van der Waals surface area contributed by atoms with Gasteiger partial charge in [0.05, 0.1) is 28.1 Å². The van der Waals surface area contributed by atoms with E-state index in [0.29, 0.717) is 32.9 Å². The molecule has 29 heavy (non-hydrogen) atoms. The van der Waals surface area contributed by atoms with Gasteiger partial charge in [-0.2, -0.15) is 0 Å². The molecule has 1 saturated heterocycles. The third-order valence-electron chi connectivity index (χ3n) is 4.21. The lowest BCUT2D eigenvalue weighted by Crippen LogP contribution is -2.31. The molecular weight excluding hydrogens is 433 g/mol. The number of benzene rings is 2. The van der Waals surface area contributed by atoms with Crippen molar-refractivity contribution in [1.29, 1.82) is 0 Å². The van der Waals surface area contributed by atoms with Gasteiger partial charge < -0.3 is 9.47 Å². The van der Waals surface area contributed by atoms with Gasteiger partial charge in [-0.25, -0.2) is 0 Å². The van der Waals surface area contributed by atoms with Crippen LogP contribution in [-0.2, 0) is 16.1 Å². The van der Waals surface area contributed by atoms with Crippen LogP contribution >= 0.6 is 35.0 Å². The molecule has 1 heterocycles. The normalized spacial score (nSPS) is 15.4. The van der Waals surface area contributed by atoms with E-state index < -0.39 is 0 Å². The second kappa shape index (κ2) is 9.67. The maximum absolute atomic E-state index is 12.4. The maximum Gasteiger partial charge on any atom is 0.293 e. The molecule has 5 nitrogen and oxygen atoms in total. The Morgan fingerprint density at radius 2 is 1.76 bits per heavy atom. The van der Waals surface area contributed by atoms with Crippen molar-refractivity contribution < 1.29 is 19.1 Å². The molecule has 2 amide bonds. The number of carbonyl (C=O) groups is 2. The van der Waals surface area contributed by atoms with Crippen LogP contribution in [0.4, 0.5) is 4.79 Å². The van der Waals surface area contributed by atoms with Gasteiger partial charge in [0.2, 0.25) is 0 Å². The molecule has 1 fully saturated rings. The topological polar surface area (TPSA) is 55.8 Å². The zero-order chi connectivity index (χ0) is 21.0. The summed E-state index contributed by atoms with van der Waals surface area (Å²) in [6, 6.07) is 11.3. The predicted molar refractivity (Wildman–Crippen MR) is 117 cm³/mol. The third-order valence-corrected chi connectivity index (χ3v) is 5.68. The molecule has 0 radical (unpaired) electrons. The van der Waals surface area contributed by atoms with E-state index in [1.165, 1.54) is 12.7 Å². The van der Waals surface area contributed by atoms with Gasteiger partial charge >= 0.3 is 0 Å². The summed E-state index contributed by atoms with van der Waals surface area (Å²) < 4.78 is 10.7. The molecule has 0 atom stereocenters. The Morgan fingerprint density at radius 3 is 2.38 bits per heavy atom. The van der Waals surface area contributed by atoms with E-state index in [-0.39, 0.29) is 24.3 Å². The van der Waals surface area contributed by atoms with Gasteiger partial charge in [-0.05, 0) is 48.0 Å². The number of hydrogen-bond donors (Lipinski definition) is 0. The first-order valence-corrected chi connectivity index (χ1v) is 10.4. The van der Waals surface area contributed by atoms with E-state index in [2.05, 4.69) is 0 Å². The number of thioether (sulfide) groups is 1. The number of methoxy groups -OCH3 is 1. The average molecular weight is 452 g/mol. The minimum atomic E-state index is -0.357. The summed E-state index contributed by atoms with van der Waals surface area (Å²) in [5.74, 6) is 0.0169. The van der Waals surface area contributed by atoms with E-state index in [4.69, 9.17) is 32.7 Å². The molecule has 0 bridgehead atoms. The number of aryl methyl sites for hydroxylation is 1. The molecule has 0 spiro atoms. The first-order valence-electron chi connectivity index (χ1n) is 8.80. The Hall–Kier alpha value is -1.99. The Morgan fingerprint density at radius 1 is 1.10 bits per heavy atom. The number of halogens is 2. The van der Waals surface area contributed by atoms with Crippen LogP contribution in [0.3, 0.4) is 0 Å². The Kier molecular flexibility index (Phi) is 7.24. The maximum atomic E-state index is 12.4. The second-order valence-electron chi connectivity index (χ2n) is 6.41. The lowest BCUT2D eigenvalue weighted by atomic mass is 10.1. The summed E-state index contributed by atoms with van der Waals surface area (Å²) in [6.07, 6.45) is 1.60. The van der Waals surface area contributed by atoms with E-state index >= 15 is 0 Å². The van der Waals surface area contributed by atoms with Gasteiger partial charge in [-0.15, -0.1) is 0 Å². The third kappa shape index (κ3) is 5.34. The fourth-order valence-corrected chi connectivity index (χ4v) is 4.15. The molecule has 0 N–H and O–H groups in total. The van der Waals surface area contributed by atoms with Crippen LogP contribution in [-0.4, -0.2) is 36.3 Å². The minimum Gasteiger partial charge on any atom is -0.486 e. The van der Waals surface area contributed by atoms with Crippen molar-refractivity contribution >= 4 is 52.2 Å². The van der Waals surface area contributed by atoms with Crippen LogP contribution in [0.1, 0.15) is 16.7 Å². The summed E-state index contributed by atoms with van der Waals surface area (Å²) >= 11 is 13.6. The van der Waals surface area contributed by atoms with Crippen LogP contribution < -0.4 is 4.74 Å². The van der Waals surface area contributed by atoms with Crippen LogP contribution in [0.2, 0.25) is 10.0 Å². The van der Waals surface area contributed by atoms with Crippen LogP contribution in [0.15, 0.2) is 41.3 Å². The van der Waals surface area contributed by atoms with E-state index in [1.54, 1.807) is 18.2 Å². The highest BCUT2D eigenvalue weighted by molar-refractivity contribution is 8.18. The lowest BCUT2D eigenvalue weighted by molar-refractivity contribution is -0.123. The van der Waals surface area contributed by atoms with Crippen molar-refractivity contribution in [3.05, 3.63) is 68.0 Å². The molecule has 8 heteroatoms. The Bertz CT molecular complexity index is 937. The fraction of sp³-hybridized carbons (Fsp3) is 0.238. The molecule has 3 rings (SSSR count). The fourth-order valence-electron chi connectivity index (χ4n) is 2.67. The summed E-state index contributed by atoms with van der Waals surface area (Å²) in [5.41, 5.74) is 2.78. The zero-order valence-corrected chi connectivity index (χ0v) is 18.2. The van der Waals surface area contributed by atoms with E-state index in [9.17, 15) is 9.59 Å². The number of carbonyl (C=O) groups excluding carboxylic acids is 2. The monoisotopic (exact) mass is 451 g/mol. The quantitative estimate of drug-likeness (QED) is 0.515. The molecule has 1 aliphatic rings. The molecule has 0 unspecified atom stereocenters. The summed E-state index contributed by atoms with van der Waals surface area (Å²) in [5, 5.41) is 0.331. The molecular formula is C21H19Cl2NO4S. The van der Waals surface area contributed by atoms with Crippen molar-refractivity contribution in [3.63, 3.8) is 0 Å². The Labute approximate surface area is 183 Å². The summed E-state index contributed by atoms with van der Waals surface area (Å²) in [6.45, 7) is 2.85. The first kappa shape index (κ1) is 21.7. The van der Waals surface area contributed by atoms with Crippen LogP contribution in [0, 0.1) is 6.92 Å². The largest absolute Gasteiger partial charge is 0.486 e. The molecule has 152 valence electrons. The minimum absolute atomic E-state index is 0.214. The van der Waals surface area contributed by atoms with Gasteiger partial charge in [0.1, 0.15) is 6.61 Å². The van der Waals surface area contributed by atoms with E-state index in [0.717, 1.165) is 22.2 Å². The van der Waals surface area contributed by atoms with Crippen molar-refractivity contribution in [2.75, 3.05) is 20.3 Å². The van der Waals surface area contributed by atoms with Gasteiger partial charge in [0, 0.05) is 7.11 Å². The molecule has 0 aliphatic carbocycles. The van der Waals surface area contributed by atoms with Crippen LogP contribution in [0.5, 0.6) is 5.75 Å². The number of rotatable bonds is 7. The number of nitrogens with zero attached hydrogens (tertiary/aromatic N) is 1. The van der Waals surface area contributed by atoms with Gasteiger partial charge in [-0.3, -0.25) is 14.5 Å². The second-order valence-corrected chi connectivity index (χ2v) is 8.22. The number of amides is 2. The number of hydrogen-bond acceptors (Lipinski definition) is 5. The number of ether oxygens (including phenoxy) is 2. The average Bonchev–Trinajstić information content (AvgIpc) is 2.94. The Balaban J connectivity index is 1.75. The lowest BCUT2D eigenvalue weighted by Gasteiger charge is -2.12. The van der Waals surface area contributed by atoms with E-state index in [1.807, 2.05) is 31.2 Å². The number of imide groups is 1. The predicted octanol–water partition coefficient (Wildman–Crippen LogP) is 5.56. The highest BCUT2D eigenvalue weighted by Gasteiger charge is 2.34. The molecule has 2 aromatic carbocycles. The smallest absolute Gasteiger partial charge is 0.293 e. The standard InChI is InChI=1S/C21H19Cl2NO4S/c1-13-3-5-14(6-4-13)12-28-19-16(22)9-15(10-17(19)23)11-18-20(25)24(7-8-27-2)21(26)29-18/h3-6,9-11H,7-8,12H2,1-2H3/b18-11+. The highest BCUT2D eigenvalue weighted by Crippen LogP contribution is 2.37. The highest BCUT2D eigenvalue weighted by atomic mass is 35.5. The molecule has 0 saturated carbocycles. The zero-order valence-electron chi connectivity index (χ0n) is 15.9. The molecule has 1 aliphatic heterocycles. The van der Waals surface area contributed by atoms with Gasteiger partial charge in [-0.1, -0.05) is 53.0 Å². The summed E-state index contributed by atoms with van der Waals surface area (Å²) in [7, 11) is 1.52. The molecule has 0 aromatic heterocycles.